The van der Waals surface area contributed by atoms with Gasteiger partial charge in [-0.3, -0.25) is 0 Å². The maximum absolute atomic E-state index is 4.39. The van der Waals surface area contributed by atoms with Crippen LogP contribution in [0.25, 0.3) is 0 Å². The highest BCUT2D eigenvalue weighted by Crippen LogP contribution is 2.10. The average Bonchev–Trinajstić information content (AvgIpc) is 2.16. The summed E-state index contributed by atoms with van der Waals surface area (Å²) in [6, 6.07) is 4.20. The molecule has 1 aromatic heterocycles. The van der Waals surface area contributed by atoms with E-state index in [4.69, 9.17) is 0 Å². The van der Waals surface area contributed by atoms with Crippen molar-refractivity contribution in [3.63, 3.8) is 0 Å². The summed E-state index contributed by atoms with van der Waals surface area (Å²) in [6.45, 7) is 8.54. The monoisotopic (exact) mass is 178 g/mol. The van der Waals surface area contributed by atoms with Crippen molar-refractivity contribution in [2.75, 3.05) is 18.0 Å². The maximum Gasteiger partial charge on any atom is 0.128 e. The molecule has 13 heavy (non-hydrogen) atoms. The Morgan fingerprint density at radius 1 is 1.31 bits per heavy atom. The van der Waals surface area contributed by atoms with E-state index >= 15 is 0 Å². The van der Waals surface area contributed by atoms with Crippen molar-refractivity contribution in [1.29, 1.82) is 0 Å². The standard InChI is InChI=1S/C11H18N2/c1-4-8-13(5-2)11-7-6-10(3)9-12-11/h6-7,9H,4-5,8H2,1-3H3. The molecule has 0 fully saturated rings. The van der Waals surface area contributed by atoms with Gasteiger partial charge in [-0.05, 0) is 31.9 Å². The van der Waals surface area contributed by atoms with E-state index in [0.29, 0.717) is 0 Å². The van der Waals surface area contributed by atoms with E-state index in [9.17, 15) is 0 Å². The third kappa shape index (κ3) is 2.72. The highest BCUT2D eigenvalue weighted by Gasteiger charge is 2.02. The van der Waals surface area contributed by atoms with Crippen LogP contribution in [0.3, 0.4) is 0 Å². The molecule has 0 unspecified atom stereocenters. The molecule has 0 saturated carbocycles. The van der Waals surface area contributed by atoms with Gasteiger partial charge >= 0.3 is 0 Å². The molecule has 0 amide bonds. The number of pyridine rings is 1. The van der Waals surface area contributed by atoms with E-state index in [1.165, 1.54) is 12.0 Å². The van der Waals surface area contributed by atoms with Crippen molar-refractivity contribution in [1.82, 2.24) is 4.98 Å². The van der Waals surface area contributed by atoms with Gasteiger partial charge in [0, 0.05) is 19.3 Å². The quantitative estimate of drug-likeness (QED) is 0.704. The van der Waals surface area contributed by atoms with Gasteiger partial charge in [0.2, 0.25) is 0 Å². The second-order valence-corrected chi connectivity index (χ2v) is 3.27. The molecule has 1 heterocycles. The Hall–Kier alpha value is -1.05. The van der Waals surface area contributed by atoms with Crippen molar-refractivity contribution in [2.24, 2.45) is 0 Å². The van der Waals surface area contributed by atoms with Crippen LogP contribution in [0, 0.1) is 6.92 Å². The lowest BCUT2D eigenvalue weighted by atomic mass is 10.3. The lowest BCUT2D eigenvalue weighted by molar-refractivity contribution is 0.778. The van der Waals surface area contributed by atoms with Crippen molar-refractivity contribution in [3.05, 3.63) is 23.9 Å². The van der Waals surface area contributed by atoms with Gasteiger partial charge in [0.25, 0.3) is 0 Å². The molecule has 0 bridgehead atoms. The zero-order valence-corrected chi connectivity index (χ0v) is 8.75. The van der Waals surface area contributed by atoms with Crippen LogP contribution in [-0.2, 0) is 0 Å². The molecular weight excluding hydrogens is 160 g/mol. The first kappa shape index (κ1) is 10.0. The highest BCUT2D eigenvalue weighted by molar-refractivity contribution is 5.38. The molecule has 2 nitrogen and oxygen atoms in total. The van der Waals surface area contributed by atoms with Crippen molar-refractivity contribution < 1.29 is 0 Å². The largest absolute Gasteiger partial charge is 0.357 e. The van der Waals surface area contributed by atoms with Crippen LogP contribution in [0.15, 0.2) is 18.3 Å². The molecule has 0 radical (unpaired) electrons. The summed E-state index contributed by atoms with van der Waals surface area (Å²) in [4.78, 5) is 6.69. The fourth-order valence-corrected chi connectivity index (χ4v) is 1.35. The first-order chi connectivity index (χ1) is 6.27. The third-order valence-electron chi connectivity index (χ3n) is 2.09. The van der Waals surface area contributed by atoms with E-state index in [0.717, 1.165) is 18.9 Å². The number of anilines is 1. The molecular formula is C11H18N2. The smallest absolute Gasteiger partial charge is 0.128 e. The number of aromatic nitrogens is 1. The molecule has 0 atom stereocenters. The minimum Gasteiger partial charge on any atom is -0.357 e. The van der Waals surface area contributed by atoms with Crippen molar-refractivity contribution >= 4 is 5.82 Å². The Bertz CT molecular complexity index is 241. The minimum absolute atomic E-state index is 1.03. The summed E-state index contributed by atoms with van der Waals surface area (Å²) < 4.78 is 0. The average molecular weight is 178 g/mol. The first-order valence-electron chi connectivity index (χ1n) is 4.95. The van der Waals surface area contributed by atoms with E-state index in [1.54, 1.807) is 0 Å². The predicted octanol–water partition coefficient (Wildman–Crippen LogP) is 2.63. The van der Waals surface area contributed by atoms with Gasteiger partial charge in [-0.1, -0.05) is 13.0 Å². The van der Waals surface area contributed by atoms with Crippen LogP contribution in [0.1, 0.15) is 25.8 Å². The number of hydrogen-bond acceptors (Lipinski definition) is 2. The topological polar surface area (TPSA) is 16.1 Å². The lowest BCUT2D eigenvalue weighted by Gasteiger charge is -2.20. The van der Waals surface area contributed by atoms with Gasteiger partial charge < -0.3 is 4.90 Å². The fourth-order valence-electron chi connectivity index (χ4n) is 1.35. The summed E-state index contributed by atoms with van der Waals surface area (Å²) >= 11 is 0. The second-order valence-electron chi connectivity index (χ2n) is 3.27. The number of hydrogen-bond donors (Lipinski definition) is 0. The normalized spacial score (nSPS) is 10.1. The Labute approximate surface area is 80.6 Å². The molecule has 0 N–H and O–H groups in total. The van der Waals surface area contributed by atoms with Crippen LogP contribution < -0.4 is 4.90 Å². The zero-order chi connectivity index (χ0) is 9.68. The predicted molar refractivity (Wildman–Crippen MR) is 57.2 cm³/mol. The fraction of sp³-hybridized carbons (Fsp3) is 0.545. The molecule has 0 aromatic carbocycles. The highest BCUT2D eigenvalue weighted by atomic mass is 15.2. The second kappa shape index (κ2) is 4.85. The Morgan fingerprint density at radius 3 is 2.54 bits per heavy atom. The van der Waals surface area contributed by atoms with Gasteiger partial charge in [0.1, 0.15) is 5.82 Å². The number of nitrogens with zero attached hydrogens (tertiary/aromatic N) is 2. The van der Waals surface area contributed by atoms with Crippen LogP contribution in [0.2, 0.25) is 0 Å². The molecule has 72 valence electrons. The van der Waals surface area contributed by atoms with Crippen LogP contribution >= 0.6 is 0 Å². The summed E-state index contributed by atoms with van der Waals surface area (Å²) in [5.74, 6) is 1.09. The molecule has 0 aliphatic rings. The van der Waals surface area contributed by atoms with Gasteiger partial charge in [-0.2, -0.15) is 0 Å². The molecule has 1 aromatic rings. The first-order valence-corrected chi connectivity index (χ1v) is 4.95. The van der Waals surface area contributed by atoms with E-state index in [1.807, 2.05) is 6.20 Å². The summed E-state index contributed by atoms with van der Waals surface area (Å²) in [6.07, 6.45) is 3.09. The molecule has 0 saturated heterocycles. The number of rotatable bonds is 4. The van der Waals surface area contributed by atoms with Gasteiger partial charge in [0.05, 0.1) is 0 Å². The minimum atomic E-state index is 1.03. The van der Waals surface area contributed by atoms with Gasteiger partial charge in [0.15, 0.2) is 0 Å². The van der Waals surface area contributed by atoms with E-state index in [-0.39, 0.29) is 0 Å². The molecule has 2 heteroatoms. The van der Waals surface area contributed by atoms with Crippen LogP contribution in [0.5, 0.6) is 0 Å². The molecule has 0 aliphatic heterocycles. The maximum atomic E-state index is 4.39. The Kier molecular flexibility index (Phi) is 3.74. The van der Waals surface area contributed by atoms with E-state index < -0.39 is 0 Å². The van der Waals surface area contributed by atoms with Gasteiger partial charge in [-0.15, -0.1) is 0 Å². The zero-order valence-electron chi connectivity index (χ0n) is 8.75. The Morgan fingerprint density at radius 2 is 2.08 bits per heavy atom. The van der Waals surface area contributed by atoms with Crippen LogP contribution in [0.4, 0.5) is 5.82 Å². The Balaban J connectivity index is 2.73. The summed E-state index contributed by atoms with van der Waals surface area (Å²) in [5, 5.41) is 0. The third-order valence-corrected chi connectivity index (χ3v) is 2.09. The molecule has 0 aliphatic carbocycles. The summed E-state index contributed by atoms with van der Waals surface area (Å²) in [5.41, 5.74) is 1.22. The number of aryl methyl sites for hydroxylation is 1. The molecule has 1 rings (SSSR count). The summed E-state index contributed by atoms with van der Waals surface area (Å²) in [7, 11) is 0. The van der Waals surface area contributed by atoms with E-state index in [2.05, 4.69) is 42.8 Å². The SMILES string of the molecule is CCCN(CC)c1ccc(C)cn1. The van der Waals surface area contributed by atoms with Gasteiger partial charge in [-0.25, -0.2) is 4.98 Å². The lowest BCUT2D eigenvalue weighted by Crippen LogP contribution is -2.24. The molecule has 0 spiro atoms. The van der Waals surface area contributed by atoms with Crippen molar-refractivity contribution in [3.8, 4) is 0 Å². The van der Waals surface area contributed by atoms with Crippen LogP contribution in [-0.4, -0.2) is 18.1 Å². The van der Waals surface area contributed by atoms with Crippen molar-refractivity contribution in [2.45, 2.75) is 27.2 Å².